The minimum atomic E-state index is -1.12. The summed E-state index contributed by atoms with van der Waals surface area (Å²) in [5.74, 6) is -0.543. The van der Waals surface area contributed by atoms with Gasteiger partial charge in [-0.1, -0.05) is 0 Å². The van der Waals surface area contributed by atoms with Gasteiger partial charge in [0.1, 0.15) is 5.41 Å². The van der Waals surface area contributed by atoms with Crippen molar-refractivity contribution in [2.75, 3.05) is 50.5 Å². The molecule has 1 aliphatic rings. The Kier molecular flexibility index (Phi) is 7.03. The molecule has 0 radical (unpaired) electrons. The molecule has 6 nitrogen and oxygen atoms in total. The Balaban J connectivity index is 1.87. The van der Waals surface area contributed by atoms with Gasteiger partial charge in [0.25, 0.3) is 0 Å². The van der Waals surface area contributed by atoms with Gasteiger partial charge in [-0.25, -0.2) is 0 Å². The maximum Gasteiger partial charge on any atom is 0.239 e. The largest absolute Gasteiger partial charge is 0.372 e. The zero-order valence-electron chi connectivity index (χ0n) is 16.5. The van der Waals surface area contributed by atoms with Gasteiger partial charge in [0.05, 0.1) is 0 Å². The van der Waals surface area contributed by atoms with Crippen LogP contribution in [0.25, 0.3) is 0 Å². The maximum atomic E-state index is 12.6. The van der Waals surface area contributed by atoms with Crippen LogP contribution in [0, 0.1) is 5.41 Å². The van der Waals surface area contributed by atoms with Crippen LogP contribution in [0.2, 0.25) is 0 Å². The normalized spacial score (nSPS) is 14.6. The Morgan fingerprint density at radius 3 is 2.27 bits per heavy atom. The van der Waals surface area contributed by atoms with Gasteiger partial charge >= 0.3 is 0 Å². The zero-order chi connectivity index (χ0) is 19.2. The predicted molar refractivity (Wildman–Crippen MR) is 106 cm³/mol. The molecule has 144 valence electrons. The lowest BCUT2D eigenvalue weighted by Gasteiger charge is -2.23. The summed E-state index contributed by atoms with van der Waals surface area (Å²) in [4.78, 5) is 29.4. The van der Waals surface area contributed by atoms with Crippen molar-refractivity contribution in [1.82, 2.24) is 10.2 Å². The van der Waals surface area contributed by atoms with Gasteiger partial charge in [0.2, 0.25) is 11.8 Å². The first-order valence-electron chi connectivity index (χ1n) is 9.40. The minimum absolute atomic E-state index is 0.248. The molecule has 1 saturated heterocycles. The molecule has 1 heterocycles. The number of carbonyl (C=O) groups excluding carboxylic acids is 2. The summed E-state index contributed by atoms with van der Waals surface area (Å²) in [7, 11) is 3.99. The number of benzene rings is 1. The third-order valence-electron chi connectivity index (χ3n) is 4.80. The second-order valence-corrected chi connectivity index (χ2v) is 7.73. The standard InChI is InChI=1S/C20H32N4O2/c1-20(2,18(25)21-12-7-13-23(3)4)19(26)22-16-8-10-17(11-9-16)24-14-5-6-15-24/h8-11H,5-7,12-15H2,1-4H3,(H,21,25)(H,22,26). The quantitative estimate of drug-likeness (QED) is 0.552. The third kappa shape index (κ3) is 5.46. The molecule has 0 unspecified atom stereocenters. The molecule has 0 spiro atoms. The molecule has 0 saturated carbocycles. The van der Waals surface area contributed by atoms with Gasteiger partial charge in [-0.15, -0.1) is 0 Å². The number of carbonyl (C=O) groups is 2. The van der Waals surface area contributed by atoms with E-state index in [1.54, 1.807) is 13.8 Å². The number of nitrogens with one attached hydrogen (secondary N) is 2. The molecule has 0 bridgehead atoms. The molecule has 6 heteroatoms. The minimum Gasteiger partial charge on any atom is -0.372 e. The average Bonchev–Trinajstić information content (AvgIpc) is 3.13. The fourth-order valence-electron chi connectivity index (χ4n) is 2.94. The van der Waals surface area contributed by atoms with E-state index < -0.39 is 5.41 Å². The summed E-state index contributed by atoms with van der Waals surface area (Å²) in [6.07, 6.45) is 3.32. The average molecular weight is 361 g/mol. The monoisotopic (exact) mass is 360 g/mol. The molecule has 0 atom stereocenters. The molecule has 1 fully saturated rings. The molecular weight excluding hydrogens is 328 g/mol. The van der Waals surface area contributed by atoms with Crippen molar-refractivity contribution in [1.29, 1.82) is 0 Å². The number of anilines is 2. The second-order valence-electron chi connectivity index (χ2n) is 7.73. The van der Waals surface area contributed by atoms with E-state index in [2.05, 4.69) is 20.4 Å². The lowest BCUT2D eigenvalue weighted by molar-refractivity contribution is -0.138. The second kappa shape index (κ2) is 9.03. The van der Waals surface area contributed by atoms with Crippen LogP contribution in [0.5, 0.6) is 0 Å². The molecule has 2 amide bonds. The summed E-state index contributed by atoms with van der Waals surface area (Å²) in [6, 6.07) is 7.84. The van der Waals surface area contributed by atoms with E-state index >= 15 is 0 Å². The number of hydrogen-bond donors (Lipinski definition) is 2. The van der Waals surface area contributed by atoms with Gasteiger partial charge in [0.15, 0.2) is 0 Å². The molecular formula is C20H32N4O2. The van der Waals surface area contributed by atoms with E-state index in [4.69, 9.17) is 0 Å². The molecule has 1 aromatic carbocycles. The van der Waals surface area contributed by atoms with Crippen LogP contribution >= 0.6 is 0 Å². The topological polar surface area (TPSA) is 64.7 Å². The highest BCUT2D eigenvalue weighted by Crippen LogP contribution is 2.24. The Bertz CT molecular complexity index is 605. The first kappa shape index (κ1) is 20.2. The fourth-order valence-corrected chi connectivity index (χ4v) is 2.94. The molecule has 0 aromatic heterocycles. The highest BCUT2D eigenvalue weighted by Gasteiger charge is 2.35. The SMILES string of the molecule is CN(C)CCCNC(=O)C(C)(C)C(=O)Nc1ccc(N2CCCC2)cc1. The molecule has 1 aromatic rings. The summed E-state index contributed by atoms with van der Waals surface area (Å²) in [6.45, 7) is 6.96. The van der Waals surface area contributed by atoms with Gasteiger partial charge in [-0.2, -0.15) is 0 Å². The van der Waals surface area contributed by atoms with Gasteiger partial charge in [-0.3, -0.25) is 9.59 Å². The van der Waals surface area contributed by atoms with Crippen LogP contribution in [0.3, 0.4) is 0 Å². The van der Waals surface area contributed by atoms with Crippen molar-refractivity contribution in [3.63, 3.8) is 0 Å². The van der Waals surface area contributed by atoms with Crippen LogP contribution in [0.4, 0.5) is 11.4 Å². The maximum absolute atomic E-state index is 12.6. The molecule has 0 aliphatic carbocycles. The van der Waals surface area contributed by atoms with Crippen LogP contribution in [-0.2, 0) is 9.59 Å². The molecule has 1 aliphatic heterocycles. The van der Waals surface area contributed by atoms with Crippen LogP contribution in [0.15, 0.2) is 24.3 Å². The van der Waals surface area contributed by atoms with Crippen LogP contribution in [-0.4, -0.2) is 57.0 Å². The van der Waals surface area contributed by atoms with Crippen molar-refractivity contribution in [2.24, 2.45) is 5.41 Å². The van der Waals surface area contributed by atoms with Crippen molar-refractivity contribution in [3.05, 3.63) is 24.3 Å². The Morgan fingerprint density at radius 1 is 1.08 bits per heavy atom. The molecule has 26 heavy (non-hydrogen) atoms. The number of amides is 2. The molecule has 2 rings (SSSR count). The van der Waals surface area contributed by atoms with Crippen molar-refractivity contribution in [2.45, 2.75) is 33.1 Å². The highest BCUT2D eigenvalue weighted by atomic mass is 16.2. The van der Waals surface area contributed by atoms with E-state index in [1.165, 1.54) is 18.5 Å². The van der Waals surface area contributed by atoms with Crippen molar-refractivity contribution < 1.29 is 9.59 Å². The first-order chi connectivity index (χ1) is 12.3. The lowest BCUT2D eigenvalue weighted by Crippen LogP contribution is -2.45. The Morgan fingerprint density at radius 2 is 1.69 bits per heavy atom. The number of nitrogens with zero attached hydrogens (tertiary/aromatic N) is 2. The lowest BCUT2D eigenvalue weighted by atomic mass is 9.91. The molecule has 2 N–H and O–H groups in total. The van der Waals surface area contributed by atoms with Gasteiger partial charge < -0.3 is 20.4 Å². The predicted octanol–water partition coefficient (Wildman–Crippen LogP) is 2.32. The van der Waals surface area contributed by atoms with E-state index in [1.807, 2.05) is 38.4 Å². The van der Waals surface area contributed by atoms with E-state index in [0.29, 0.717) is 12.2 Å². The van der Waals surface area contributed by atoms with Gasteiger partial charge in [-0.05, 0) is 78.0 Å². The van der Waals surface area contributed by atoms with Crippen molar-refractivity contribution in [3.8, 4) is 0 Å². The summed E-state index contributed by atoms with van der Waals surface area (Å²) in [5, 5.41) is 5.72. The van der Waals surface area contributed by atoms with E-state index in [9.17, 15) is 9.59 Å². The smallest absolute Gasteiger partial charge is 0.239 e. The van der Waals surface area contributed by atoms with Gasteiger partial charge in [0, 0.05) is 31.0 Å². The number of hydrogen-bond acceptors (Lipinski definition) is 4. The third-order valence-corrected chi connectivity index (χ3v) is 4.80. The number of rotatable bonds is 8. The van der Waals surface area contributed by atoms with Crippen LogP contribution < -0.4 is 15.5 Å². The summed E-state index contributed by atoms with van der Waals surface area (Å²) < 4.78 is 0. The van der Waals surface area contributed by atoms with E-state index in [-0.39, 0.29) is 11.8 Å². The first-order valence-corrected chi connectivity index (χ1v) is 9.40. The fraction of sp³-hybridized carbons (Fsp3) is 0.600. The zero-order valence-corrected chi connectivity index (χ0v) is 16.5. The Labute approximate surface area is 156 Å². The summed E-state index contributed by atoms with van der Waals surface area (Å²) in [5.41, 5.74) is 0.774. The van der Waals surface area contributed by atoms with E-state index in [0.717, 1.165) is 26.1 Å². The Hall–Kier alpha value is -2.08. The summed E-state index contributed by atoms with van der Waals surface area (Å²) >= 11 is 0. The van der Waals surface area contributed by atoms with Crippen LogP contribution in [0.1, 0.15) is 33.1 Å². The van der Waals surface area contributed by atoms with Crippen molar-refractivity contribution >= 4 is 23.2 Å². The highest BCUT2D eigenvalue weighted by molar-refractivity contribution is 6.09.